The minimum absolute atomic E-state index is 0.0388. The molecule has 11 heteroatoms. The summed E-state index contributed by atoms with van der Waals surface area (Å²) in [5, 5.41) is 12.0. The summed E-state index contributed by atoms with van der Waals surface area (Å²) in [4.78, 5) is 12.1. The van der Waals surface area contributed by atoms with Crippen molar-refractivity contribution in [3.8, 4) is 5.75 Å². The molecule has 0 saturated carbocycles. The lowest BCUT2D eigenvalue weighted by atomic mass is 9.96. The number of hydrogen-bond donors (Lipinski definition) is 3. The number of carbonyl (C=O) groups excluding carboxylic acids is 1. The molecule has 0 heterocycles. The minimum Gasteiger partial charge on any atom is -0.492 e. The maximum atomic E-state index is 13.2. The van der Waals surface area contributed by atoms with Gasteiger partial charge in [-0.25, -0.2) is 8.42 Å². The van der Waals surface area contributed by atoms with E-state index >= 15 is 0 Å². The maximum absolute atomic E-state index is 13.2. The second-order valence-corrected chi connectivity index (χ2v) is 9.40. The van der Waals surface area contributed by atoms with Crippen molar-refractivity contribution in [2.75, 3.05) is 23.3 Å². The highest BCUT2D eigenvalue weighted by molar-refractivity contribution is 7.92. The number of amides is 1. The van der Waals surface area contributed by atoms with E-state index in [2.05, 4.69) is 10.0 Å². The third kappa shape index (κ3) is 6.61. The average Bonchev–Trinajstić information content (AvgIpc) is 2.69. The van der Waals surface area contributed by atoms with E-state index in [0.717, 1.165) is 6.07 Å². The zero-order valence-electron chi connectivity index (χ0n) is 18.7. The normalized spacial score (nSPS) is 13.0. The summed E-state index contributed by atoms with van der Waals surface area (Å²) in [6.07, 6.45) is -4.63. The summed E-state index contributed by atoms with van der Waals surface area (Å²) in [5.74, 6) is -1.31. The molecule has 0 spiro atoms. The topological polar surface area (TPSA) is 105 Å². The first-order valence-corrected chi connectivity index (χ1v) is 11.7. The molecule has 3 N–H and O–H groups in total. The fourth-order valence-electron chi connectivity index (χ4n) is 3.11. The van der Waals surface area contributed by atoms with Crippen molar-refractivity contribution >= 4 is 27.3 Å². The van der Waals surface area contributed by atoms with Crippen LogP contribution in [0.25, 0.3) is 0 Å². The number of anilines is 2. The monoisotopic (exact) mass is 488 g/mol. The van der Waals surface area contributed by atoms with Crippen molar-refractivity contribution in [3.05, 3.63) is 47.5 Å². The Morgan fingerprint density at radius 1 is 1.12 bits per heavy atom. The Balaban J connectivity index is 2.38. The van der Waals surface area contributed by atoms with Crippen molar-refractivity contribution < 1.29 is 36.2 Å². The molecular weight excluding hydrogens is 461 g/mol. The van der Waals surface area contributed by atoms with E-state index < -0.39 is 33.6 Å². The largest absolute Gasteiger partial charge is 0.492 e. The molecule has 0 saturated heterocycles. The first kappa shape index (κ1) is 26.5. The van der Waals surface area contributed by atoms with Gasteiger partial charge in [0.25, 0.3) is 10.0 Å². The molecule has 0 aliphatic carbocycles. The summed E-state index contributed by atoms with van der Waals surface area (Å²) in [6.45, 7) is 6.22. The number of aliphatic hydroxyl groups is 1. The fraction of sp³-hybridized carbons (Fsp3) is 0.409. The molecule has 0 bridgehead atoms. The highest BCUT2D eigenvalue weighted by atomic mass is 32.2. The van der Waals surface area contributed by atoms with Crippen molar-refractivity contribution in [1.29, 1.82) is 0 Å². The number of aryl methyl sites for hydroxylation is 1. The second kappa shape index (κ2) is 10.4. The van der Waals surface area contributed by atoms with Crippen LogP contribution >= 0.6 is 0 Å². The van der Waals surface area contributed by atoms with Gasteiger partial charge in [0.05, 0.1) is 24.7 Å². The number of sulfonamides is 1. The molecule has 1 amide bonds. The molecule has 2 aromatic carbocycles. The zero-order chi connectivity index (χ0) is 25.0. The Labute approximate surface area is 191 Å². The standard InChI is InChI=1S/C22H27F3N2O5S/c1-5-32-19-11-15(26-21(29)17(12-28)13(2)3)8-9-20(19)33(30,31)27-16-7-6-14(4)18(10-16)22(23,24)25/h6-11,13,17,27-28H,5,12H2,1-4H3,(H,26,29)/t17-/m0/s1. The Morgan fingerprint density at radius 2 is 1.76 bits per heavy atom. The van der Waals surface area contributed by atoms with Crippen LogP contribution in [0.15, 0.2) is 41.3 Å². The first-order chi connectivity index (χ1) is 15.3. The van der Waals surface area contributed by atoms with Crippen LogP contribution < -0.4 is 14.8 Å². The molecule has 0 radical (unpaired) electrons. The average molecular weight is 489 g/mol. The van der Waals surface area contributed by atoms with Crippen LogP contribution in [0.3, 0.4) is 0 Å². The van der Waals surface area contributed by atoms with Gasteiger partial charge < -0.3 is 15.2 Å². The zero-order valence-corrected chi connectivity index (χ0v) is 19.5. The Kier molecular flexibility index (Phi) is 8.36. The van der Waals surface area contributed by atoms with Crippen molar-refractivity contribution in [2.45, 2.75) is 38.8 Å². The molecule has 1 atom stereocenters. The van der Waals surface area contributed by atoms with Gasteiger partial charge in [0, 0.05) is 17.4 Å². The molecule has 2 rings (SSSR count). The van der Waals surface area contributed by atoms with E-state index in [1.807, 2.05) is 0 Å². The van der Waals surface area contributed by atoms with Gasteiger partial charge in [0.2, 0.25) is 5.91 Å². The first-order valence-electron chi connectivity index (χ1n) is 10.2. The SMILES string of the molecule is CCOc1cc(NC(=O)[C@@H](CO)C(C)C)ccc1S(=O)(=O)Nc1ccc(C)c(C(F)(F)F)c1. The van der Waals surface area contributed by atoms with Gasteiger partial charge >= 0.3 is 6.18 Å². The second-order valence-electron chi connectivity index (χ2n) is 7.75. The van der Waals surface area contributed by atoms with Gasteiger partial charge in [0.15, 0.2) is 0 Å². The summed E-state index contributed by atoms with van der Waals surface area (Å²) >= 11 is 0. The Hall–Kier alpha value is -2.79. The molecule has 0 fully saturated rings. The number of hydrogen-bond acceptors (Lipinski definition) is 5. The van der Waals surface area contributed by atoms with Crippen LogP contribution in [-0.4, -0.2) is 32.6 Å². The molecule has 0 aliphatic rings. The predicted octanol–water partition coefficient (Wildman–Crippen LogP) is 4.42. The van der Waals surface area contributed by atoms with Gasteiger partial charge in [-0.3, -0.25) is 9.52 Å². The number of benzene rings is 2. The minimum atomic E-state index is -4.63. The van der Waals surface area contributed by atoms with Crippen LogP contribution in [0.4, 0.5) is 24.5 Å². The third-order valence-corrected chi connectivity index (χ3v) is 6.35. The number of halogens is 3. The highest BCUT2D eigenvalue weighted by Crippen LogP contribution is 2.35. The van der Waals surface area contributed by atoms with Gasteiger partial charge in [-0.2, -0.15) is 13.2 Å². The maximum Gasteiger partial charge on any atom is 0.416 e. The summed E-state index contributed by atoms with van der Waals surface area (Å²) in [6, 6.07) is 6.96. The van der Waals surface area contributed by atoms with E-state index in [4.69, 9.17) is 4.74 Å². The molecule has 33 heavy (non-hydrogen) atoms. The predicted molar refractivity (Wildman–Crippen MR) is 119 cm³/mol. The van der Waals surface area contributed by atoms with Crippen LogP contribution in [0, 0.1) is 18.8 Å². The lowest BCUT2D eigenvalue weighted by molar-refractivity contribution is -0.138. The molecule has 7 nitrogen and oxygen atoms in total. The molecular formula is C22H27F3N2O5S. The third-order valence-electron chi connectivity index (χ3n) is 4.93. The summed E-state index contributed by atoms with van der Waals surface area (Å²) < 4.78 is 73.0. The molecule has 0 aliphatic heterocycles. The van der Waals surface area contributed by atoms with Gasteiger partial charge in [0.1, 0.15) is 10.6 Å². The van der Waals surface area contributed by atoms with Crippen molar-refractivity contribution in [2.24, 2.45) is 11.8 Å². The van der Waals surface area contributed by atoms with Crippen LogP contribution in [-0.2, 0) is 21.0 Å². The van der Waals surface area contributed by atoms with E-state index in [1.165, 1.54) is 37.3 Å². The number of carbonyl (C=O) groups is 1. The summed E-state index contributed by atoms with van der Waals surface area (Å²) in [5.41, 5.74) is -0.996. The van der Waals surface area contributed by atoms with E-state index in [1.54, 1.807) is 20.8 Å². The Bertz CT molecular complexity index is 1100. The highest BCUT2D eigenvalue weighted by Gasteiger charge is 2.33. The quantitative estimate of drug-likeness (QED) is 0.485. The number of ether oxygens (including phenoxy) is 1. The Morgan fingerprint density at radius 3 is 2.30 bits per heavy atom. The van der Waals surface area contributed by atoms with Crippen LogP contribution in [0.5, 0.6) is 5.75 Å². The van der Waals surface area contributed by atoms with Gasteiger partial charge in [-0.15, -0.1) is 0 Å². The number of alkyl halides is 3. The van der Waals surface area contributed by atoms with Gasteiger partial charge in [-0.05, 0) is 49.6 Å². The van der Waals surface area contributed by atoms with E-state index in [9.17, 15) is 31.5 Å². The van der Waals surface area contributed by atoms with Crippen LogP contribution in [0.2, 0.25) is 0 Å². The number of rotatable bonds is 9. The summed E-state index contributed by atoms with van der Waals surface area (Å²) in [7, 11) is -4.32. The molecule has 182 valence electrons. The van der Waals surface area contributed by atoms with Crippen LogP contribution in [0.1, 0.15) is 31.9 Å². The lowest BCUT2D eigenvalue weighted by Crippen LogP contribution is -2.29. The van der Waals surface area contributed by atoms with E-state index in [0.29, 0.717) is 0 Å². The molecule has 0 unspecified atom stereocenters. The van der Waals surface area contributed by atoms with Crippen molar-refractivity contribution in [3.63, 3.8) is 0 Å². The number of aliphatic hydroxyl groups excluding tert-OH is 1. The fourth-order valence-corrected chi connectivity index (χ4v) is 4.29. The van der Waals surface area contributed by atoms with Crippen molar-refractivity contribution in [1.82, 2.24) is 0 Å². The lowest BCUT2D eigenvalue weighted by Gasteiger charge is -2.19. The smallest absolute Gasteiger partial charge is 0.416 e. The number of nitrogens with one attached hydrogen (secondary N) is 2. The molecule has 2 aromatic rings. The molecule has 0 aromatic heterocycles. The van der Waals surface area contributed by atoms with E-state index in [-0.39, 0.29) is 46.7 Å². The van der Waals surface area contributed by atoms with Gasteiger partial charge in [-0.1, -0.05) is 19.9 Å².